The minimum atomic E-state index is -0.658. The summed E-state index contributed by atoms with van der Waals surface area (Å²) in [5.74, 6) is 1.15. The summed E-state index contributed by atoms with van der Waals surface area (Å²) in [5.41, 5.74) is 1.68. The first-order valence-electron chi connectivity index (χ1n) is 6.31. The summed E-state index contributed by atoms with van der Waals surface area (Å²) in [6.07, 6.45) is -0.192. The van der Waals surface area contributed by atoms with E-state index in [0.717, 1.165) is 10.7 Å². The second-order valence-corrected chi connectivity index (χ2v) is 5.98. The Bertz CT molecular complexity index is 629. The zero-order valence-corrected chi connectivity index (χ0v) is 12.5. The van der Waals surface area contributed by atoms with E-state index in [0.29, 0.717) is 41.7 Å². The van der Waals surface area contributed by atoms with Crippen LogP contribution >= 0.6 is 22.9 Å². The molecule has 0 radical (unpaired) electrons. The van der Waals surface area contributed by atoms with Crippen LogP contribution in [-0.2, 0) is 6.42 Å². The second-order valence-electron chi connectivity index (χ2n) is 4.63. The van der Waals surface area contributed by atoms with Crippen LogP contribution in [0.3, 0.4) is 0 Å². The van der Waals surface area contributed by atoms with Gasteiger partial charge in [-0.25, -0.2) is 4.98 Å². The minimum Gasteiger partial charge on any atom is -0.486 e. The molecule has 0 fully saturated rings. The summed E-state index contributed by atoms with van der Waals surface area (Å²) in [4.78, 5) is 4.36. The van der Waals surface area contributed by atoms with E-state index in [-0.39, 0.29) is 0 Å². The lowest BCUT2D eigenvalue weighted by molar-refractivity contribution is 0.164. The molecular formula is C14H14ClNO3S. The molecule has 1 aliphatic rings. The van der Waals surface area contributed by atoms with Gasteiger partial charge in [0.2, 0.25) is 0 Å². The first kappa shape index (κ1) is 13.7. The largest absolute Gasteiger partial charge is 0.486 e. The van der Waals surface area contributed by atoms with Crippen LogP contribution in [0.15, 0.2) is 17.5 Å². The molecule has 0 bridgehead atoms. The molecule has 2 heterocycles. The monoisotopic (exact) mass is 311 g/mol. The molecule has 1 aromatic heterocycles. The number of aromatic nitrogens is 1. The topological polar surface area (TPSA) is 51.6 Å². The van der Waals surface area contributed by atoms with Crippen LogP contribution in [0.25, 0.3) is 0 Å². The van der Waals surface area contributed by atoms with Gasteiger partial charge >= 0.3 is 0 Å². The number of aliphatic hydroxyl groups is 1. The third-order valence-corrected chi connectivity index (χ3v) is 4.31. The zero-order chi connectivity index (χ0) is 14.1. The average molecular weight is 312 g/mol. The summed E-state index contributed by atoms with van der Waals surface area (Å²) in [7, 11) is 0. The van der Waals surface area contributed by atoms with Gasteiger partial charge in [-0.05, 0) is 24.6 Å². The Labute approximate surface area is 125 Å². The van der Waals surface area contributed by atoms with Gasteiger partial charge in [0.1, 0.15) is 13.2 Å². The van der Waals surface area contributed by atoms with Gasteiger partial charge in [-0.3, -0.25) is 0 Å². The summed E-state index contributed by atoms with van der Waals surface area (Å²) >= 11 is 7.71. The van der Waals surface area contributed by atoms with Gasteiger partial charge in [0.05, 0.1) is 16.1 Å². The van der Waals surface area contributed by atoms with Crippen molar-refractivity contribution in [3.63, 3.8) is 0 Å². The third-order valence-electron chi connectivity index (χ3n) is 3.04. The molecule has 1 unspecified atom stereocenters. The number of ether oxygens (including phenoxy) is 2. The highest BCUT2D eigenvalue weighted by atomic mass is 35.5. The molecule has 1 aromatic carbocycles. The van der Waals surface area contributed by atoms with Crippen LogP contribution in [0, 0.1) is 6.92 Å². The van der Waals surface area contributed by atoms with Crippen molar-refractivity contribution in [3.8, 4) is 11.5 Å². The highest BCUT2D eigenvalue weighted by Gasteiger charge is 2.20. The Balaban J connectivity index is 1.84. The number of nitrogens with zero attached hydrogens (tertiary/aromatic N) is 1. The molecule has 1 N–H and O–H groups in total. The summed E-state index contributed by atoms with van der Waals surface area (Å²) in [5, 5.41) is 13.7. The number of fused-ring (bicyclic) bond motifs is 1. The number of hydrogen-bond acceptors (Lipinski definition) is 5. The lowest BCUT2D eigenvalue weighted by atomic mass is 10.1. The molecule has 1 atom stereocenters. The van der Waals surface area contributed by atoms with Gasteiger partial charge in [-0.2, -0.15) is 0 Å². The number of halogens is 1. The maximum absolute atomic E-state index is 10.3. The molecule has 3 rings (SSSR count). The number of aliphatic hydroxyl groups excluding tert-OH is 1. The Morgan fingerprint density at radius 1 is 1.40 bits per heavy atom. The number of aryl methyl sites for hydroxylation is 1. The van der Waals surface area contributed by atoms with Gasteiger partial charge < -0.3 is 14.6 Å². The van der Waals surface area contributed by atoms with E-state index in [1.54, 1.807) is 23.5 Å². The van der Waals surface area contributed by atoms with Crippen molar-refractivity contribution < 1.29 is 14.6 Å². The van der Waals surface area contributed by atoms with Crippen molar-refractivity contribution >= 4 is 22.9 Å². The molecule has 1 aliphatic heterocycles. The van der Waals surface area contributed by atoms with Crippen LogP contribution in [0.2, 0.25) is 5.02 Å². The average Bonchev–Trinajstić information content (AvgIpc) is 2.84. The maximum atomic E-state index is 10.3. The quantitative estimate of drug-likeness (QED) is 0.946. The van der Waals surface area contributed by atoms with Crippen molar-refractivity contribution in [1.82, 2.24) is 4.98 Å². The van der Waals surface area contributed by atoms with E-state index in [4.69, 9.17) is 21.1 Å². The smallest absolute Gasteiger partial charge is 0.179 e. The molecule has 106 valence electrons. The first-order valence-corrected chi connectivity index (χ1v) is 7.57. The highest BCUT2D eigenvalue weighted by Crippen LogP contribution is 2.40. The fraction of sp³-hybridized carbons (Fsp3) is 0.357. The van der Waals surface area contributed by atoms with E-state index >= 15 is 0 Å². The number of hydrogen-bond donors (Lipinski definition) is 1. The van der Waals surface area contributed by atoms with E-state index in [1.807, 2.05) is 12.3 Å². The van der Waals surface area contributed by atoms with Gasteiger partial charge in [0, 0.05) is 17.5 Å². The number of thiazole rings is 1. The van der Waals surface area contributed by atoms with Crippen LogP contribution in [-0.4, -0.2) is 23.3 Å². The fourth-order valence-corrected chi connectivity index (χ4v) is 3.19. The Hall–Kier alpha value is -1.30. The summed E-state index contributed by atoms with van der Waals surface area (Å²) < 4.78 is 11.0. The lowest BCUT2D eigenvalue weighted by Gasteiger charge is -2.21. The molecule has 0 saturated carbocycles. The minimum absolute atomic E-state index is 0.464. The first-order chi connectivity index (χ1) is 9.63. The van der Waals surface area contributed by atoms with Gasteiger partial charge in [0.15, 0.2) is 11.5 Å². The van der Waals surface area contributed by atoms with Crippen molar-refractivity contribution in [2.45, 2.75) is 19.4 Å². The van der Waals surface area contributed by atoms with Crippen molar-refractivity contribution in [2.75, 3.05) is 13.2 Å². The number of benzene rings is 1. The maximum Gasteiger partial charge on any atom is 0.179 e. The fourth-order valence-electron chi connectivity index (χ4n) is 2.10. The Morgan fingerprint density at radius 3 is 2.95 bits per heavy atom. The van der Waals surface area contributed by atoms with Crippen molar-refractivity contribution in [3.05, 3.63) is 38.8 Å². The predicted octanol–water partition coefficient (Wildman–Crippen LogP) is 3.15. The molecule has 6 heteroatoms. The Morgan fingerprint density at radius 2 is 2.20 bits per heavy atom. The predicted molar refractivity (Wildman–Crippen MR) is 78.0 cm³/mol. The molecule has 2 aromatic rings. The third kappa shape index (κ3) is 2.75. The van der Waals surface area contributed by atoms with E-state index in [9.17, 15) is 5.11 Å². The van der Waals surface area contributed by atoms with Crippen molar-refractivity contribution in [1.29, 1.82) is 0 Å². The Kier molecular flexibility index (Phi) is 3.83. The summed E-state index contributed by atoms with van der Waals surface area (Å²) in [6, 6.07) is 3.51. The molecule has 0 amide bonds. The van der Waals surface area contributed by atoms with Crippen LogP contribution < -0.4 is 9.47 Å². The molecule has 4 nitrogen and oxygen atoms in total. The van der Waals surface area contributed by atoms with Crippen LogP contribution in [0.5, 0.6) is 11.5 Å². The summed E-state index contributed by atoms with van der Waals surface area (Å²) in [6.45, 7) is 2.93. The molecular weight excluding hydrogens is 298 g/mol. The van der Waals surface area contributed by atoms with Crippen molar-refractivity contribution in [2.24, 2.45) is 0 Å². The zero-order valence-electron chi connectivity index (χ0n) is 10.9. The SMILES string of the molecule is Cc1csc(CC(O)c2cc(Cl)c3c(c2)OCCO3)n1. The molecule has 0 saturated heterocycles. The lowest BCUT2D eigenvalue weighted by Crippen LogP contribution is -2.16. The van der Waals surface area contributed by atoms with E-state index < -0.39 is 6.10 Å². The van der Waals surface area contributed by atoms with Gasteiger partial charge in [-0.15, -0.1) is 11.3 Å². The standard InChI is InChI=1S/C14H14ClNO3S/c1-8-7-20-13(16-8)6-11(17)9-4-10(15)14-12(5-9)18-2-3-19-14/h4-5,7,11,17H,2-3,6H2,1H3. The van der Waals surface area contributed by atoms with Crippen LogP contribution in [0.1, 0.15) is 22.4 Å². The molecule has 20 heavy (non-hydrogen) atoms. The van der Waals surface area contributed by atoms with E-state index in [1.165, 1.54) is 0 Å². The second kappa shape index (κ2) is 5.60. The number of rotatable bonds is 3. The van der Waals surface area contributed by atoms with Gasteiger partial charge in [0.25, 0.3) is 0 Å². The highest BCUT2D eigenvalue weighted by molar-refractivity contribution is 7.09. The van der Waals surface area contributed by atoms with Crippen LogP contribution in [0.4, 0.5) is 0 Å². The normalized spacial score (nSPS) is 15.2. The molecule has 0 spiro atoms. The van der Waals surface area contributed by atoms with Gasteiger partial charge in [-0.1, -0.05) is 11.6 Å². The molecule has 0 aliphatic carbocycles. The van der Waals surface area contributed by atoms with E-state index in [2.05, 4.69) is 4.98 Å².